The van der Waals surface area contributed by atoms with Crippen LogP contribution in [0, 0.1) is 0 Å². The van der Waals surface area contributed by atoms with E-state index in [-0.39, 0.29) is 11.3 Å². The lowest BCUT2D eigenvalue weighted by atomic mass is 10.1. The van der Waals surface area contributed by atoms with E-state index in [0.717, 1.165) is 0 Å². The summed E-state index contributed by atoms with van der Waals surface area (Å²) in [6, 6.07) is 7.90. The Hall–Kier alpha value is -2.70. The maximum Gasteiger partial charge on any atom is 0.271 e. The van der Waals surface area contributed by atoms with Crippen LogP contribution in [0.3, 0.4) is 0 Å². The summed E-state index contributed by atoms with van der Waals surface area (Å²) < 4.78 is 1.23. The summed E-state index contributed by atoms with van der Waals surface area (Å²) in [7, 11) is 0. The average Bonchev–Trinajstić information content (AvgIpc) is 2.61. The van der Waals surface area contributed by atoms with Crippen LogP contribution in [-0.4, -0.2) is 20.5 Å². The van der Waals surface area contributed by atoms with E-state index in [1.165, 1.54) is 30.1 Å². The molecule has 3 rings (SSSR count). The van der Waals surface area contributed by atoms with Gasteiger partial charge in [-0.3, -0.25) is 14.6 Å². The molecule has 2 aromatic heterocycles. The fraction of sp³-hybridized carbons (Fsp3) is 0.158. The monoisotopic (exact) mass is 402 g/mol. The highest BCUT2D eigenvalue weighted by Gasteiger charge is 2.20. The number of hydrogen-bond acceptors (Lipinski definition) is 5. The van der Waals surface area contributed by atoms with Crippen LogP contribution >= 0.6 is 23.2 Å². The van der Waals surface area contributed by atoms with Crippen LogP contribution in [-0.2, 0) is 6.42 Å². The Kier molecular flexibility index (Phi) is 5.58. The van der Waals surface area contributed by atoms with Crippen molar-refractivity contribution in [3.05, 3.63) is 74.4 Å². The van der Waals surface area contributed by atoms with Gasteiger partial charge >= 0.3 is 0 Å². The number of halogens is 2. The van der Waals surface area contributed by atoms with Gasteiger partial charge in [0.15, 0.2) is 5.78 Å². The number of rotatable bonds is 5. The third-order valence-corrected chi connectivity index (χ3v) is 4.34. The Morgan fingerprint density at radius 3 is 2.52 bits per heavy atom. The third kappa shape index (κ3) is 4.02. The Labute approximate surface area is 165 Å². The number of benzene rings is 1. The maximum absolute atomic E-state index is 12.4. The van der Waals surface area contributed by atoms with Crippen LogP contribution in [0.4, 0.5) is 11.4 Å². The molecule has 0 spiro atoms. The van der Waals surface area contributed by atoms with Gasteiger partial charge in [0.25, 0.3) is 5.56 Å². The molecular weight excluding hydrogens is 387 g/mol. The van der Waals surface area contributed by atoms with Gasteiger partial charge in [-0.25, -0.2) is 0 Å². The summed E-state index contributed by atoms with van der Waals surface area (Å²) in [5, 5.41) is 8.21. The van der Waals surface area contributed by atoms with Gasteiger partial charge in [-0.15, -0.1) is 0 Å². The fourth-order valence-electron chi connectivity index (χ4n) is 2.72. The predicted octanol–water partition coefficient (Wildman–Crippen LogP) is 4.44. The Balaban J connectivity index is 2.31. The molecule has 6 nitrogen and oxygen atoms in total. The van der Waals surface area contributed by atoms with Crippen LogP contribution in [0.2, 0.25) is 10.0 Å². The number of carbonyl (C=O) groups is 1. The fourth-order valence-corrected chi connectivity index (χ4v) is 3.24. The van der Waals surface area contributed by atoms with Crippen molar-refractivity contribution >= 4 is 40.4 Å². The van der Waals surface area contributed by atoms with Gasteiger partial charge in [0.1, 0.15) is 5.69 Å². The predicted molar refractivity (Wildman–Crippen MR) is 107 cm³/mol. The number of anilines is 2. The molecule has 0 amide bonds. The molecule has 0 saturated heterocycles. The second-order valence-electron chi connectivity index (χ2n) is 5.81. The molecule has 0 aliphatic carbocycles. The van der Waals surface area contributed by atoms with Gasteiger partial charge in [0.2, 0.25) is 0 Å². The molecule has 0 bridgehead atoms. The van der Waals surface area contributed by atoms with E-state index in [1.54, 1.807) is 24.3 Å². The van der Waals surface area contributed by atoms with Crippen molar-refractivity contribution in [3.63, 3.8) is 0 Å². The average molecular weight is 403 g/mol. The first kappa shape index (κ1) is 19.1. The smallest absolute Gasteiger partial charge is 0.271 e. The zero-order valence-corrected chi connectivity index (χ0v) is 16.2. The molecule has 138 valence electrons. The first-order valence-electron chi connectivity index (χ1n) is 8.21. The molecule has 0 aliphatic rings. The summed E-state index contributed by atoms with van der Waals surface area (Å²) in [5.41, 5.74) is 2.04. The number of ketones is 1. The number of aryl methyl sites for hydroxylation is 1. The Morgan fingerprint density at radius 1 is 1.22 bits per heavy atom. The van der Waals surface area contributed by atoms with E-state index < -0.39 is 0 Å². The number of nitrogens with zero attached hydrogens (tertiary/aromatic N) is 3. The molecule has 0 fully saturated rings. The lowest BCUT2D eigenvalue weighted by Crippen LogP contribution is -2.23. The van der Waals surface area contributed by atoms with Crippen molar-refractivity contribution in [2.75, 3.05) is 5.32 Å². The van der Waals surface area contributed by atoms with Crippen LogP contribution < -0.4 is 10.9 Å². The highest BCUT2D eigenvalue weighted by molar-refractivity contribution is 6.35. The number of carbonyl (C=O) groups excluding carboxylic acids is 1. The topological polar surface area (TPSA) is 76.9 Å². The minimum atomic E-state index is -0.332. The molecule has 0 atom stereocenters. The van der Waals surface area contributed by atoms with E-state index in [0.29, 0.717) is 44.8 Å². The van der Waals surface area contributed by atoms with Gasteiger partial charge in [0.05, 0.1) is 16.9 Å². The molecule has 8 heteroatoms. The van der Waals surface area contributed by atoms with E-state index in [9.17, 15) is 9.59 Å². The van der Waals surface area contributed by atoms with Crippen molar-refractivity contribution in [3.8, 4) is 5.69 Å². The van der Waals surface area contributed by atoms with Crippen molar-refractivity contribution in [1.82, 2.24) is 14.8 Å². The van der Waals surface area contributed by atoms with Gasteiger partial charge in [-0.05, 0) is 37.6 Å². The largest absolute Gasteiger partial charge is 0.353 e. The quantitative estimate of drug-likeness (QED) is 0.638. The normalized spacial score (nSPS) is 10.7. The standard InChI is InChI=1S/C19H16Cl2N4O2/c1-3-16-19(25-17(27)5-4-6-23-25)18(15(10-22-16)11(2)26)24-14-8-12(20)7-13(21)9-14/h4-10H,3H2,1-2H3,(H,22,24). The second kappa shape index (κ2) is 7.90. The molecule has 3 aromatic rings. The van der Waals surface area contributed by atoms with Gasteiger partial charge in [0, 0.05) is 34.2 Å². The van der Waals surface area contributed by atoms with Crippen LogP contribution in [0.25, 0.3) is 5.69 Å². The number of Topliss-reactive ketones (excluding diaryl/α,β-unsaturated/α-hetero) is 1. The maximum atomic E-state index is 12.4. The van der Waals surface area contributed by atoms with Crippen LogP contribution in [0.5, 0.6) is 0 Å². The summed E-state index contributed by atoms with van der Waals surface area (Å²) in [6.07, 6.45) is 3.54. The van der Waals surface area contributed by atoms with Gasteiger partial charge in [-0.2, -0.15) is 9.78 Å². The molecule has 0 aliphatic heterocycles. The number of nitrogens with one attached hydrogen (secondary N) is 1. The van der Waals surface area contributed by atoms with Crippen LogP contribution in [0.15, 0.2) is 47.5 Å². The molecule has 0 saturated carbocycles. The van der Waals surface area contributed by atoms with Crippen molar-refractivity contribution in [1.29, 1.82) is 0 Å². The minimum absolute atomic E-state index is 0.203. The second-order valence-corrected chi connectivity index (χ2v) is 6.68. The molecule has 0 unspecified atom stereocenters. The number of hydrogen-bond donors (Lipinski definition) is 1. The van der Waals surface area contributed by atoms with Crippen molar-refractivity contribution in [2.45, 2.75) is 20.3 Å². The number of pyridine rings is 1. The van der Waals surface area contributed by atoms with Crippen molar-refractivity contribution in [2.24, 2.45) is 0 Å². The first-order chi connectivity index (χ1) is 12.9. The SMILES string of the molecule is CCc1ncc(C(C)=O)c(Nc2cc(Cl)cc(Cl)c2)c1-n1ncccc1=O. The molecular formula is C19H16Cl2N4O2. The van der Waals surface area contributed by atoms with E-state index >= 15 is 0 Å². The molecule has 1 aromatic carbocycles. The van der Waals surface area contributed by atoms with E-state index in [2.05, 4.69) is 15.4 Å². The lowest BCUT2D eigenvalue weighted by Gasteiger charge is -2.18. The Bertz CT molecular complexity index is 1060. The third-order valence-electron chi connectivity index (χ3n) is 3.90. The van der Waals surface area contributed by atoms with Gasteiger partial charge < -0.3 is 5.32 Å². The van der Waals surface area contributed by atoms with E-state index in [4.69, 9.17) is 23.2 Å². The van der Waals surface area contributed by atoms with Gasteiger partial charge in [-0.1, -0.05) is 30.1 Å². The highest BCUT2D eigenvalue weighted by Crippen LogP contribution is 2.32. The minimum Gasteiger partial charge on any atom is -0.353 e. The van der Waals surface area contributed by atoms with Crippen LogP contribution in [0.1, 0.15) is 29.9 Å². The summed E-state index contributed by atoms with van der Waals surface area (Å²) >= 11 is 12.2. The molecule has 2 heterocycles. The van der Waals surface area contributed by atoms with Crippen molar-refractivity contribution < 1.29 is 4.79 Å². The summed E-state index contributed by atoms with van der Waals surface area (Å²) in [6.45, 7) is 3.34. The lowest BCUT2D eigenvalue weighted by molar-refractivity contribution is 0.101. The summed E-state index contributed by atoms with van der Waals surface area (Å²) in [4.78, 5) is 29.0. The number of aromatic nitrogens is 3. The first-order valence-corrected chi connectivity index (χ1v) is 8.97. The summed E-state index contributed by atoms with van der Waals surface area (Å²) in [5.74, 6) is -0.203. The molecule has 27 heavy (non-hydrogen) atoms. The Morgan fingerprint density at radius 2 is 1.93 bits per heavy atom. The zero-order valence-electron chi connectivity index (χ0n) is 14.7. The highest BCUT2D eigenvalue weighted by atomic mass is 35.5. The molecule has 1 N–H and O–H groups in total. The zero-order chi connectivity index (χ0) is 19.6. The van der Waals surface area contributed by atoms with E-state index in [1.807, 2.05) is 6.92 Å². The molecule has 0 radical (unpaired) electrons.